The van der Waals surface area contributed by atoms with Crippen LogP contribution in [-0.4, -0.2) is 35.0 Å². The van der Waals surface area contributed by atoms with Gasteiger partial charge in [-0.2, -0.15) is 0 Å². The minimum Gasteiger partial charge on any atom is -0.493 e. The molecule has 8 nitrogen and oxygen atoms in total. The summed E-state index contributed by atoms with van der Waals surface area (Å²) in [7, 11) is 1.47. The van der Waals surface area contributed by atoms with Crippen LogP contribution in [0.25, 0.3) is 16.6 Å². The van der Waals surface area contributed by atoms with Gasteiger partial charge in [0.25, 0.3) is 11.5 Å². The molecular formula is C27H25N3O5. The summed E-state index contributed by atoms with van der Waals surface area (Å²) in [5.41, 5.74) is 3.03. The lowest BCUT2D eigenvalue weighted by atomic mass is 10.1. The number of benzene rings is 3. The minimum absolute atomic E-state index is 0.0940. The molecule has 0 aliphatic rings. The van der Waals surface area contributed by atoms with Crippen LogP contribution >= 0.6 is 0 Å². The smallest absolute Gasteiger partial charge is 0.265 e. The molecule has 0 aliphatic carbocycles. The number of nitrogens with zero attached hydrogens (tertiary/aromatic N) is 2. The summed E-state index contributed by atoms with van der Waals surface area (Å²) in [6.07, 6.45) is 0. The van der Waals surface area contributed by atoms with Crippen molar-refractivity contribution in [3.63, 3.8) is 0 Å². The number of anilines is 1. The lowest BCUT2D eigenvalue weighted by molar-refractivity contribution is -0.118. The number of fused-ring (bicyclic) bond motifs is 1. The molecule has 0 bridgehead atoms. The molecule has 4 rings (SSSR count). The zero-order chi connectivity index (χ0) is 25.1. The highest BCUT2D eigenvalue weighted by Crippen LogP contribution is 2.28. The molecule has 4 aromatic rings. The third-order valence-electron chi connectivity index (χ3n) is 5.61. The van der Waals surface area contributed by atoms with Gasteiger partial charge in [0.15, 0.2) is 23.9 Å². The van der Waals surface area contributed by atoms with E-state index in [2.05, 4.69) is 10.3 Å². The molecule has 0 saturated carbocycles. The molecule has 0 saturated heterocycles. The van der Waals surface area contributed by atoms with E-state index in [9.17, 15) is 14.4 Å². The molecule has 1 heterocycles. The fourth-order valence-corrected chi connectivity index (χ4v) is 3.81. The Bertz CT molecular complexity index is 1510. The van der Waals surface area contributed by atoms with E-state index < -0.39 is 0 Å². The number of para-hydroxylation sites is 1. The standard InChI is InChI=1S/C27H25N3O5/c1-16-13-20(30-18(3)28-23-8-6-5-7-21(23)27(30)33)10-11-22(16)29-26(32)15-35-24-12-9-19(17(2)31)14-25(24)34-4/h5-14H,15H2,1-4H3,(H,29,32). The number of ether oxygens (including phenoxy) is 2. The van der Waals surface area contributed by atoms with E-state index >= 15 is 0 Å². The molecule has 178 valence electrons. The van der Waals surface area contributed by atoms with Crippen molar-refractivity contribution in [2.45, 2.75) is 20.8 Å². The summed E-state index contributed by atoms with van der Waals surface area (Å²) in [5, 5.41) is 3.36. The van der Waals surface area contributed by atoms with Gasteiger partial charge in [-0.15, -0.1) is 0 Å². The zero-order valence-corrected chi connectivity index (χ0v) is 19.9. The first kappa shape index (κ1) is 23.7. The number of hydrogen-bond donors (Lipinski definition) is 1. The topological polar surface area (TPSA) is 99.5 Å². The average molecular weight is 472 g/mol. The predicted octanol–water partition coefficient (Wildman–Crippen LogP) is 4.23. The van der Waals surface area contributed by atoms with E-state index in [0.717, 1.165) is 5.56 Å². The molecule has 1 amide bonds. The maximum atomic E-state index is 13.1. The van der Waals surface area contributed by atoms with Crippen molar-refractivity contribution in [2.75, 3.05) is 19.0 Å². The summed E-state index contributed by atoms with van der Waals surface area (Å²) >= 11 is 0. The van der Waals surface area contributed by atoms with Crippen LogP contribution in [0.15, 0.2) is 65.5 Å². The zero-order valence-electron chi connectivity index (χ0n) is 19.9. The van der Waals surface area contributed by atoms with Crippen molar-refractivity contribution in [2.24, 2.45) is 0 Å². The van der Waals surface area contributed by atoms with Crippen molar-refractivity contribution in [3.8, 4) is 17.2 Å². The minimum atomic E-state index is -0.362. The second-order valence-corrected chi connectivity index (χ2v) is 8.07. The Kier molecular flexibility index (Phi) is 6.64. The number of Topliss-reactive ketones (excluding diaryl/α,β-unsaturated/α-hetero) is 1. The number of hydrogen-bond acceptors (Lipinski definition) is 6. The highest BCUT2D eigenvalue weighted by molar-refractivity contribution is 5.95. The van der Waals surface area contributed by atoms with Gasteiger partial charge in [0.1, 0.15) is 5.82 Å². The van der Waals surface area contributed by atoms with E-state index in [1.54, 1.807) is 47.9 Å². The second kappa shape index (κ2) is 9.80. The van der Waals surface area contributed by atoms with Crippen molar-refractivity contribution in [1.82, 2.24) is 9.55 Å². The maximum Gasteiger partial charge on any atom is 0.265 e. The number of carbonyl (C=O) groups excluding carboxylic acids is 2. The Morgan fingerprint density at radius 1 is 1.00 bits per heavy atom. The van der Waals surface area contributed by atoms with Gasteiger partial charge < -0.3 is 14.8 Å². The predicted molar refractivity (Wildman–Crippen MR) is 134 cm³/mol. The van der Waals surface area contributed by atoms with E-state index in [1.165, 1.54) is 14.0 Å². The third kappa shape index (κ3) is 4.91. The lowest BCUT2D eigenvalue weighted by Crippen LogP contribution is -2.23. The van der Waals surface area contributed by atoms with Gasteiger partial charge in [-0.25, -0.2) is 4.98 Å². The molecular weight excluding hydrogens is 446 g/mol. The van der Waals surface area contributed by atoms with Crippen LogP contribution in [0, 0.1) is 13.8 Å². The van der Waals surface area contributed by atoms with E-state index in [-0.39, 0.29) is 23.9 Å². The molecule has 1 N–H and O–H groups in total. The SMILES string of the molecule is COc1cc(C(C)=O)ccc1OCC(=O)Nc1ccc(-n2c(C)nc3ccccc3c2=O)cc1C. The Morgan fingerprint density at radius 2 is 1.77 bits per heavy atom. The number of aromatic nitrogens is 2. The van der Waals surface area contributed by atoms with E-state index in [0.29, 0.717) is 45.2 Å². The number of rotatable bonds is 7. The van der Waals surface area contributed by atoms with E-state index in [1.807, 2.05) is 31.2 Å². The fourth-order valence-electron chi connectivity index (χ4n) is 3.81. The lowest BCUT2D eigenvalue weighted by Gasteiger charge is -2.15. The number of methoxy groups -OCH3 is 1. The van der Waals surface area contributed by atoms with Crippen LogP contribution in [0.4, 0.5) is 5.69 Å². The number of carbonyl (C=O) groups is 2. The van der Waals surface area contributed by atoms with Crippen LogP contribution in [-0.2, 0) is 4.79 Å². The van der Waals surface area contributed by atoms with Gasteiger partial charge in [0.05, 0.1) is 23.7 Å². The Labute approximate surface area is 202 Å². The molecule has 1 aromatic heterocycles. The normalized spacial score (nSPS) is 10.7. The third-order valence-corrected chi connectivity index (χ3v) is 5.61. The fraction of sp³-hybridized carbons (Fsp3) is 0.185. The Morgan fingerprint density at radius 3 is 2.49 bits per heavy atom. The molecule has 0 spiro atoms. The highest BCUT2D eigenvalue weighted by Gasteiger charge is 2.13. The molecule has 0 atom stereocenters. The van der Waals surface area contributed by atoms with Crippen molar-refractivity contribution >= 4 is 28.3 Å². The average Bonchev–Trinajstić information content (AvgIpc) is 2.84. The molecule has 0 aliphatic heterocycles. The number of nitrogens with one attached hydrogen (secondary N) is 1. The van der Waals surface area contributed by atoms with Gasteiger partial charge in [-0.1, -0.05) is 12.1 Å². The van der Waals surface area contributed by atoms with Crippen molar-refractivity contribution in [3.05, 3.63) is 88.0 Å². The van der Waals surface area contributed by atoms with Crippen LogP contribution in [0.1, 0.15) is 28.7 Å². The Hall–Kier alpha value is -4.46. The number of amides is 1. The number of ketones is 1. The summed E-state index contributed by atoms with van der Waals surface area (Å²) < 4.78 is 12.4. The maximum absolute atomic E-state index is 13.1. The molecule has 3 aromatic carbocycles. The van der Waals surface area contributed by atoms with E-state index in [4.69, 9.17) is 9.47 Å². The summed E-state index contributed by atoms with van der Waals surface area (Å²) in [6.45, 7) is 4.85. The van der Waals surface area contributed by atoms with Gasteiger partial charge in [0.2, 0.25) is 0 Å². The van der Waals surface area contributed by atoms with Crippen molar-refractivity contribution in [1.29, 1.82) is 0 Å². The molecule has 0 unspecified atom stereocenters. The van der Waals surface area contributed by atoms with Crippen LogP contribution < -0.4 is 20.3 Å². The largest absolute Gasteiger partial charge is 0.493 e. The van der Waals surface area contributed by atoms with Crippen LogP contribution in [0.5, 0.6) is 11.5 Å². The first-order valence-corrected chi connectivity index (χ1v) is 11.0. The highest BCUT2D eigenvalue weighted by atomic mass is 16.5. The first-order chi connectivity index (χ1) is 16.8. The molecule has 35 heavy (non-hydrogen) atoms. The van der Waals surface area contributed by atoms with Gasteiger partial charge >= 0.3 is 0 Å². The monoisotopic (exact) mass is 471 g/mol. The Balaban J connectivity index is 1.50. The molecule has 0 fully saturated rings. The molecule has 0 radical (unpaired) electrons. The first-order valence-electron chi connectivity index (χ1n) is 11.0. The van der Waals surface area contributed by atoms with Gasteiger partial charge in [-0.3, -0.25) is 19.0 Å². The van der Waals surface area contributed by atoms with Gasteiger partial charge in [-0.05, 0) is 74.9 Å². The van der Waals surface area contributed by atoms with Crippen LogP contribution in [0.3, 0.4) is 0 Å². The summed E-state index contributed by atoms with van der Waals surface area (Å²) in [6, 6.07) is 17.3. The number of aryl methyl sites for hydroxylation is 2. The molecule has 8 heteroatoms. The second-order valence-electron chi connectivity index (χ2n) is 8.07. The van der Waals surface area contributed by atoms with Crippen molar-refractivity contribution < 1.29 is 19.1 Å². The summed E-state index contributed by atoms with van der Waals surface area (Å²) in [4.78, 5) is 41.7. The van der Waals surface area contributed by atoms with Gasteiger partial charge in [0, 0.05) is 11.3 Å². The quantitative estimate of drug-likeness (QED) is 0.405. The summed E-state index contributed by atoms with van der Waals surface area (Å²) in [5.74, 6) is 0.847. The van der Waals surface area contributed by atoms with Crippen LogP contribution in [0.2, 0.25) is 0 Å².